The fraction of sp³-hybridized carbons (Fsp3) is 0.565. The monoisotopic (exact) mass is 500 g/mol. The van der Waals surface area contributed by atoms with Gasteiger partial charge in [0.2, 0.25) is 0 Å². The predicted octanol–water partition coefficient (Wildman–Crippen LogP) is 2.99. The number of likely N-dealkylation sites (tertiary alicyclic amines) is 1. The van der Waals surface area contributed by atoms with Crippen molar-refractivity contribution in [1.29, 1.82) is 0 Å². The molecule has 2 amide bonds. The third-order valence-corrected chi connectivity index (χ3v) is 7.49. The summed E-state index contributed by atoms with van der Waals surface area (Å²) in [6.45, 7) is 9.90. The van der Waals surface area contributed by atoms with Gasteiger partial charge < -0.3 is 10.2 Å². The van der Waals surface area contributed by atoms with Crippen LogP contribution in [0.5, 0.6) is 0 Å². The molecule has 0 unspecified atom stereocenters. The fourth-order valence-electron chi connectivity index (χ4n) is 4.04. The Morgan fingerprint density at radius 2 is 1.62 bits per heavy atom. The number of nitrogens with zero attached hydrogens (tertiary/aromatic N) is 4. The van der Waals surface area contributed by atoms with Crippen LogP contribution in [0.15, 0.2) is 30.6 Å². The van der Waals surface area contributed by atoms with Crippen LogP contribution in [0, 0.1) is 0 Å². The van der Waals surface area contributed by atoms with Gasteiger partial charge in [0, 0.05) is 25.0 Å². The zero-order chi connectivity index (χ0) is 24.3. The molecule has 0 radical (unpaired) electrons. The average molecular weight is 501 g/mol. The Bertz CT molecular complexity index is 1050. The van der Waals surface area contributed by atoms with E-state index < -0.39 is 16.2 Å². The number of aromatic nitrogens is 2. The zero-order valence-electron chi connectivity index (χ0n) is 20.4. The number of benzene rings is 1. The van der Waals surface area contributed by atoms with E-state index in [0.717, 1.165) is 24.2 Å². The Kier molecular flexibility index (Phi) is 10.0. The van der Waals surface area contributed by atoms with Gasteiger partial charge in [0.15, 0.2) is 0 Å². The molecule has 9 nitrogen and oxygen atoms in total. The molecular formula is C23H37N6NaO3S. The van der Waals surface area contributed by atoms with Gasteiger partial charge in [-0.25, -0.2) is 13.8 Å². The molecule has 1 aliphatic rings. The van der Waals surface area contributed by atoms with E-state index in [2.05, 4.69) is 53.8 Å². The predicted molar refractivity (Wildman–Crippen MR) is 139 cm³/mol. The summed E-state index contributed by atoms with van der Waals surface area (Å²) in [5.41, 5.74) is 3.19. The number of hydrogen-bond donors (Lipinski definition) is 2. The van der Waals surface area contributed by atoms with Crippen molar-refractivity contribution in [1.82, 2.24) is 19.4 Å². The van der Waals surface area contributed by atoms with Crippen LogP contribution in [0.1, 0.15) is 63.5 Å². The summed E-state index contributed by atoms with van der Waals surface area (Å²) in [5.74, 6) is 0.558. The number of amides is 2. The topological polar surface area (TPSA) is 99.6 Å². The number of carbonyl (C=O) groups excluding carboxylic acids is 1. The molecule has 1 aliphatic heterocycles. The third-order valence-electron chi connectivity index (χ3n) is 6.01. The minimum atomic E-state index is -4.15. The van der Waals surface area contributed by atoms with Crippen LogP contribution in [0.2, 0.25) is 0 Å². The van der Waals surface area contributed by atoms with Crippen LogP contribution in [0.3, 0.4) is 0 Å². The molecule has 0 aliphatic carbocycles. The number of rotatable bonds is 7. The summed E-state index contributed by atoms with van der Waals surface area (Å²) in [4.78, 5) is 15.0. The van der Waals surface area contributed by atoms with E-state index >= 15 is 0 Å². The minimum absolute atomic E-state index is 0. The number of anilines is 2. The van der Waals surface area contributed by atoms with Crippen molar-refractivity contribution in [3.8, 4) is 0 Å². The van der Waals surface area contributed by atoms with Gasteiger partial charge in [-0.1, -0.05) is 33.8 Å². The van der Waals surface area contributed by atoms with Crippen molar-refractivity contribution in [3.63, 3.8) is 0 Å². The van der Waals surface area contributed by atoms with Crippen LogP contribution in [0.4, 0.5) is 16.2 Å². The summed E-state index contributed by atoms with van der Waals surface area (Å²) >= 11 is 0. The third kappa shape index (κ3) is 7.21. The molecule has 11 heteroatoms. The second-order valence-electron chi connectivity index (χ2n) is 9.46. The maximum atomic E-state index is 13.4. The number of nitrogens with one attached hydrogen (secondary N) is 2. The van der Waals surface area contributed by atoms with E-state index in [-0.39, 0.29) is 47.4 Å². The van der Waals surface area contributed by atoms with Gasteiger partial charge in [-0.15, -0.1) is 0 Å². The summed E-state index contributed by atoms with van der Waals surface area (Å²) < 4.78 is 31.8. The van der Waals surface area contributed by atoms with Gasteiger partial charge in [0.1, 0.15) is 0 Å². The molecule has 2 aromatic rings. The van der Waals surface area contributed by atoms with Gasteiger partial charge in [-0.2, -0.15) is 13.5 Å². The molecule has 1 saturated heterocycles. The van der Waals surface area contributed by atoms with E-state index in [4.69, 9.17) is 0 Å². The first-order valence-electron chi connectivity index (χ1n) is 11.4. The first-order valence-corrected chi connectivity index (χ1v) is 12.9. The first-order chi connectivity index (χ1) is 15.5. The molecule has 184 valence electrons. The second-order valence-corrected chi connectivity index (χ2v) is 11.0. The quantitative estimate of drug-likeness (QED) is 0.570. The SMILES string of the molecule is CC(C)c1cc(NC(=O)NS(=O)(=O)N(c2cnn(C)c2)C2CCN(C)CC2)cc(C(C)C)c1.[NaH]. The molecule has 0 saturated carbocycles. The van der Waals surface area contributed by atoms with Crippen molar-refractivity contribution in [2.75, 3.05) is 29.8 Å². The van der Waals surface area contributed by atoms with E-state index in [1.54, 1.807) is 17.9 Å². The molecule has 0 bridgehead atoms. The summed E-state index contributed by atoms with van der Waals surface area (Å²) in [7, 11) is -0.403. The second kappa shape index (κ2) is 11.9. The Labute approximate surface area is 225 Å². The average Bonchev–Trinajstić information content (AvgIpc) is 3.14. The van der Waals surface area contributed by atoms with Gasteiger partial charge in [-0.05, 0) is 68.1 Å². The molecule has 34 heavy (non-hydrogen) atoms. The molecule has 1 aromatic heterocycles. The van der Waals surface area contributed by atoms with Crippen molar-refractivity contribution in [2.45, 2.75) is 58.4 Å². The number of piperidine rings is 1. The molecule has 0 atom stereocenters. The summed E-state index contributed by atoms with van der Waals surface area (Å²) in [5, 5.41) is 6.86. The van der Waals surface area contributed by atoms with Crippen LogP contribution in [-0.2, 0) is 17.3 Å². The van der Waals surface area contributed by atoms with Crippen molar-refractivity contribution >= 4 is 57.2 Å². The Hall–Kier alpha value is -1.59. The van der Waals surface area contributed by atoms with Crippen molar-refractivity contribution in [2.24, 2.45) is 7.05 Å². The summed E-state index contributed by atoms with van der Waals surface area (Å²) in [6.07, 6.45) is 4.50. The first kappa shape index (κ1) is 28.6. The van der Waals surface area contributed by atoms with E-state index in [9.17, 15) is 13.2 Å². The molecule has 2 heterocycles. The van der Waals surface area contributed by atoms with Crippen molar-refractivity contribution < 1.29 is 13.2 Å². The summed E-state index contributed by atoms with van der Waals surface area (Å²) in [6, 6.07) is 4.86. The molecule has 1 fully saturated rings. The molecule has 0 spiro atoms. The number of carbonyl (C=O) groups is 1. The Morgan fingerprint density at radius 1 is 1.06 bits per heavy atom. The van der Waals surface area contributed by atoms with Crippen LogP contribution in [0.25, 0.3) is 0 Å². The Morgan fingerprint density at radius 3 is 2.09 bits per heavy atom. The zero-order valence-corrected chi connectivity index (χ0v) is 21.2. The van der Waals surface area contributed by atoms with E-state index in [1.807, 2.05) is 19.2 Å². The fourth-order valence-corrected chi connectivity index (χ4v) is 5.39. The van der Waals surface area contributed by atoms with Crippen LogP contribution >= 0.6 is 0 Å². The van der Waals surface area contributed by atoms with Gasteiger partial charge in [0.25, 0.3) is 0 Å². The molecule has 2 N–H and O–H groups in total. The standard InChI is InChI=1S/C23H36N6O3S.Na.H/c1-16(2)18-11-19(17(3)4)13-20(12-18)25-23(30)26-33(31,32)29(22-14-24-28(6)15-22)21-7-9-27(5)10-8-21;;/h11-17,21H,7-10H2,1-6H3,(H2,25,26,30);;. The van der Waals surface area contributed by atoms with Crippen LogP contribution in [-0.4, -0.2) is 84.9 Å². The van der Waals surface area contributed by atoms with Crippen LogP contribution < -0.4 is 14.3 Å². The molecule has 3 rings (SSSR count). The van der Waals surface area contributed by atoms with E-state index in [0.29, 0.717) is 24.2 Å². The Balaban J connectivity index is 0.00000408. The number of urea groups is 1. The van der Waals surface area contributed by atoms with Gasteiger partial charge in [0.05, 0.1) is 11.9 Å². The number of hydrogen-bond acceptors (Lipinski definition) is 5. The van der Waals surface area contributed by atoms with Gasteiger partial charge >= 0.3 is 45.8 Å². The molecule has 1 aromatic carbocycles. The van der Waals surface area contributed by atoms with Gasteiger partial charge in [-0.3, -0.25) is 4.68 Å². The van der Waals surface area contributed by atoms with E-state index in [1.165, 1.54) is 10.5 Å². The van der Waals surface area contributed by atoms with Crippen molar-refractivity contribution in [3.05, 3.63) is 41.7 Å². The maximum absolute atomic E-state index is 13.4. The number of aryl methyl sites for hydroxylation is 1. The normalized spacial score (nSPS) is 15.3. The molecular weight excluding hydrogens is 463 g/mol.